The molecule has 0 unspecified atom stereocenters. The maximum atomic E-state index is 11.9. The second kappa shape index (κ2) is 6.22. The first-order chi connectivity index (χ1) is 9.19. The van der Waals surface area contributed by atoms with E-state index in [0.717, 1.165) is 0 Å². The lowest BCUT2D eigenvalue weighted by Crippen LogP contribution is -2.27. The fraction of sp³-hybridized carbons (Fsp3) is 0.500. The summed E-state index contributed by atoms with van der Waals surface area (Å²) in [5, 5.41) is 2.93. The van der Waals surface area contributed by atoms with Crippen LogP contribution in [-0.4, -0.2) is 25.9 Å². The molecular weight excluding hydrogens is 282 g/mol. The topological polar surface area (TPSA) is 56.8 Å². The van der Waals surface area contributed by atoms with Crippen LogP contribution >= 0.6 is 11.6 Å². The Balaban J connectivity index is 3.14. The predicted molar refractivity (Wildman–Crippen MR) is 79.1 cm³/mol. The maximum Gasteiger partial charge on any atom is 0.412 e. The van der Waals surface area contributed by atoms with Crippen molar-refractivity contribution in [3.8, 4) is 11.5 Å². The fourth-order valence-corrected chi connectivity index (χ4v) is 1.94. The number of rotatable bonds is 3. The second-order valence-electron chi connectivity index (χ2n) is 5.22. The van der Waals surface area contributed by atoms with Gasteiger partial charge in [0, 0.05) is 11.6 Å². The summed E-state index contributed by atoms with van der Waals surface area (Å²) in [5.74, 6) is 0.984. The Kier molecular flexibility index (Phi) is 5.11. The summed E-state index contributed by atoms with van der Waals surface area (Å²) in [6.07, 6.45) is -0.585. The van der Waals surface area contributed by atoms with E-state index in [1.54, 1.807) is 33.8 Å². The van der Waals surface area contributed by atoms with Crippen molar-refractivity contribution in [2.24, 2.45) is 0 Å². The van der Waals surface area contributed by atoms with Gasteiger partial charge in [-0.2, -0.15) is 0 Å². The van der Waals surface area contributed by atoms with E-state index in [4.69, 9.17) is 25.8 Å². The number of methoxy groups -OCH3 is 2. The van der Waals surface area contributed by atoms with Crippen molar-refractivity contribution in [1.82, 2.24) is 0 Å². The Morgan fingerprint density at radius 3 is 2.20 bits per heavy atom. The van der Waals surface area contributed by atoms with Crippen LogP contribution in [0.4, 0.5) is 10.5 Å². The highest BCUT2D eigenvalue weighted by Gasteiger charge is 2.21. The number of carbonyl (C=O) groups is 1. The third-order valence-corrected chi connectivity index (χ3v) is 2.88. The molecular formula is C14H20ClNO4. The Hall–Kier alpha value is -1.62. The lowest BCUT2D eigenvalue weighted by atomic mass is 10.1. The van der Waals surface area contributed by atoms with Crippen LogP contribution in [0.25, 0.3) is 0 Å². The average Bonchev–Trinajstić information content (AvgIpc) is 2.33. The summed E-state index contributed by atoms with van der Waals surface area (Å²) in [5.41, 5.74) is 0.522. The van der Waals surface area contributed by atoms with Crippen LogP contribution in [-0.2, 0) is 4.74 Å². The fourth-order valence-electron chi connectivity index (χ4n) is 1.62. The summed E-state index contributed by atoms with van der Waals surface area (Å²) >= 11 is 6.21. The molecule has 6 heteroatoms. The largest absolute Gasteiger partial charge is 0.496 e. The quantitative estimate of drug-likeness (QED) is 0.916. The molecule has 112 valence electrons. The van der Waals surface area contributed by atoms with Gasteiger partial charge >= 0.3 is 6.09 Å². The van der Waals surface area contributed by atoms with Crippen LogP contribution in [0, 0.1) is 6.92 Å². The minimum absolute atomic E-state index is 0.302. The number of ether oxygens (including phenoxy) is 3. The number of carbonyl (C=O) groups excluding carboxylic acids is 1. The predicted octanol–water partition coefficient (Wildman–Crippen LogP) is 4.01. The summed E-state index contributed by atoms with van der Waals surface area (Å²) < 4.78 is 15.6. The molecule has 0 aliphatic carbocycles. The summed E-state index contributed by atoms with van der Waals surface area (Å²) in [7, 11) is 3.03. The monoisotopic (exact) mass is 301 g/mol. The van der Waals surface area contributed by atoms with Gasteiger partial charge in [0.2, 0.25) is 0 Å². The minimum Gasteiger partial charge on any atom is -0.496 e. The highest BCUT2D eigenvalue weighted by atomic mass is 35.5. The number of halogens is 1. The van der Waals surface area contributed by atoms with Crippen LogP contribution in [0.5, 0.6) is 11.5 Å². The van der Waals surface area contributed by atoms with Gasteiger partial charge < -0.3 is 14.2 Å². The van der Waals surface area contributed by atoms with Crippen LogP contribution in [0.15, 0.2) is 6.07 Å². The SMILES string of the molecule is COc1cc(OC)c(Cl)c(NC(=O)OC(C)(C)C)c1C. The third kappa shape index (κ3) is 3.93. The molecule has 0 saturated carbocycles. The summed E-state index contributed by atoms with van der Waals surface area (Å²) in [6, 6.07) is 1.66. The lowest BCUT2D eigenvalue weighted by molar-refractivity contribution is 0.0636. The number of hydrogen-bond donors (Lipinski definition) is 1. The second-order valence-corrected chi connectivity index (χ2v) is 5.60. The molecule has 5 nitrogen and oxygen atoms in total. The molecule has 1 aromatic carbocycles. The molecule has 0 bridgehead atoms. The van der Waals surface area contributed by atoms with Gasteiger partial charge in [0.25, 0.3) is 0 Å². The molecule has 0 saturated heterocycles. The van der Waals surface area contributed by atoms with Gasteiger partial charge in [0.15, 0.2) is 0 Å². The van der Waals surface area contributed by atoms with E-state index in [2.05, 4.69) is 5.32 Å². The van der Waals surface area contributed by atoms with E-state index < -0.39 is 11.7 Å². The first kappa shape index (κ1) is 16.4. The molecule has 20 heavy (non-hydrogen) atoms. The smallest absolute Gasteiger partial charge is 0.412 e. The van der Waals surface area contributed by atoms with Crippen LogP contribution in [0.2, 0.25) is 5.02 Å². The maximum absolute atomic E-state index is 11.9. The van der Waals surface area contributed by atoms with Crippen LogP contribution in [0.1, 0.15) is 26.3 Å². The highest BCUT2D eigenvalue weighted by molar-refractivity contribution is 6.35. The third-order valence-electron chi connectivity index (χ3n) is 2.51. The number of anilines is 1. The van der Waals surface area contributed by atoms with Crippen molar-refractivity contribution < 1.29 is 19.0 Å². The van der Waals surface area contributed by atoms with Crippen molar-refractivity contribution in [3.63, 3.8) is 0 Å². The molecule has 1 N–H and O–H groups in total. The van der Waals surface area contributed by atoms with E-state index in [0.29, 0.717) is 27.8 Å². The Labute approximate surface area is 124 Å². The van der Waals surface area contributed by atoms with Crippen LogP contribution in [0.3, 0.4) is 0 Å². The molecule has 0 heterocycles. The van der Waals surface area contributed by atoms with E-state index in [9.17, 15) is 4.79 Å². The Morgan fingerprint density at radius 1 is 1.20 bits per heavy atom. The van der Waals surface area contributed by atoms with Crippen molar-refractivity contribution in [2.75, 3.05) is 19.5 Å². The number of nitrogens with one attached hydrogen (secondary N) is 1. The first-order valence-corrected chi connectivity index (χ1v) is 6.48. The zero-order chi connectivity index (χ0) is 15.5. The van der Waals surface area contributed by atoms with Gasteiger partial charge in [-0.1, -0.05) is 11.6 Å². The summed E-state index contributed by atoms with van der Waals surface area (Å²) in [4.78, 5) is 11.9. The highest BCUT2D eigenvalue weighted by Crippen LogP contribution is 2.40. The van der Waals surface area contributed by atoms with Crippen molar-refractivity contribution in [2.45, 2.75) is 33.3 Å². The van der Waals surface area contributed by atoms with Crippen LogP contribution < -0.4 is 14.8 Å². The van der Waals surface area contributed by atoms with Gasteiger partial charge in [0.1, 0.15) is 22.1 Å². The summed E-state index contributed by atoms with van der Waals surface area (Å²) in [6.45, 7) is 7.14. The number of benzene rings is 1. The molecule has 0 aliphatic heterocycles. The van der Waals surface area contributed by atoms with E-state index >= 15 is 0 Å². The number of amides is 1. The van der Waals surface area contributed by atoms with Crippen molar-refractivity contribution in [3.05, 3.63) is 16.7 Å². The Bertz CT molecular complexity index is 481. The normalized spacial score (nSPS) is 10.9. The minimum atomic E-state index is -0.590. The van der Waals surface area contributed by atoms with E-state index in [1.165, 1.54) is 14.2 Å². The Morgan fingerprint density at radius 2 is 1.75 bits per heavy atom. The van der Waals surface area contributed by atoms with E-state index in [-0.39, 0.29) is 0 Å². The molecule has 0 aromatic heterocycles. The molecule has 0 atom stereocenters. The standard InChI is InChI=1S/C14H20ClNO4/c1-8-9(18-5)7-10(19-6)11(15)12(8)16-13(17)20-14(2,3)4/h7H,1-6H3,(H,16,17). The van der Waals surface area contributed by atoms with Crippen molar-refractivity contribution >= 4 is 23.4 Å². The molecule has 0 fully saturated rings. The van der Waals surface area contributed by atoms with E-state index in [1.807, 2.05) is 0 Å². The van der Waals surface area contributed by atoms with Gasteiger partial charge in [-0.25, -0.2) is 4.79 Å². The molecule has 1 aromatic rings. The van der Waals surface area contributed by atoms with Gasteiger partial charge in [-0.05, 0) is 27.7 Å². The van der Waals surface area contributed by atoms with Gasteiger partial charge in [-0.3, -0.25) is 5.32 Å². The zero-order valence-electron chi connectivity index (χ0n) is 12.6. The van der Waals surface area contributed by atoms with Gasteiger partial charge in [0.05, 0.1) is 19.9 Å². The molecule has 0 radical (unpaired) electrons. The average molecular weight is 302 g/mol. The molecule has 1 rings (SSSR count). The number of hydrogen-bond acceptors (Lipinski definition) is 4. The molecule has 0 spiro atoms. The lowest BCUT2D eigenvalue weighted by Gasteiger charge is -2.21. The molecule has 1 amide bonds. The molecule has 0 aliphatic rings. The van der Waals surface area contributed by atoms with Gasteiger partial charge in [-0.15, -0.1) is 0 Å². The first-order valence-electron chi connectivity index (χ1n) is 6.10. The van der Waals surface area contributed by atoms with Crippen molar-refractivity contribution in [1.29, 1.82) is 0 Å². The zero-order valence-corrected chi connectivity index (χ0v) is 13.3.